The van der Waals surface area contributed by atoms with Crippen LogP contribution >= 0.6 is 11.8 Å². The fourth-order valence-corrected chi connectivity index (χ4v) is 3.51. The highest BCUT2D eigenvalue weighted by Gasteiger charge is 2.17. The molecule has 0 aliphatic heterocycles. The van der Waals surface area contributed by atoms with Crippen molar-refractivity contribution in [1.82, 2.24) is 4.72 Å². The minimum absolute atomic E-state index is 0.0831. The van der Waals surface area contributed by atoms with Crippen LogP contribution in [0.4, 0.5) is 0 Å². The monoisotopic (exact) mass is 353 g/mol. The van der Waals surface area contributed by atoms with Crippen molar-refractivity contribution in [2.24, 2.45) is 0 Å². The fourth-order valence-electron chi connectivity index (χ4n) is 2.11. The number of sulfonamides is 1. The molecular formula is C16H19NO4S2. The molecule has 5 nitrogen and oxygen atoms in total. The number of hydrogen-bond acceptors (Lipinski definition) is 5. The quantitative estimate of drug-likeness (QED) is 0.776. The Morgan fingerprint density at radius 1 is 1.00 bits per heavy atom. The first-order chi connectivity index (χ1) is 11.0. The summed E-state index contributed by atoms with van der Waals surface area (Å²) in [5.41, 5.74) is 0.654. The predicted octanol–water partition coefficient (Wildman–Crippen LogP) is 2.90. The molecule has 0 aliphatic carbocycles. The van der Waals surface area contributed by atoms with Gasteiger partial charge in [0.25, 0.3) is 0 Å². The van der Waals surface area contributed by atoms with E-state index in [1.54, 1.807) is 54.2 Å². The summed E-state index contributed by atoms with van der Waals surface area (Å²) in [5.74, 6) is 1.15. The minimum atomic E-state index is -3.60. The normalized spacial score (nSPS) is 11.3. The number of benzene rings is 2. The Kier molecular flexibility index (Phi) is 5.92. The average Bonchev–Trinajstić information content (AvgIpc) is 2.59. The topological polar surface area (TPSA) is 64.6 Å². The minimum Gasteiger partial charge on any atom is -0.496 e. The van der Waals surface area contributed by atoms with Crippen molar-refractivity contribution in [2.75, 3.05) is 20.5 Å². The lowest BCUT2D eigenvalue weighted by molar-refractivity contribution is 0.384. The summed E-state index contributed by atoms with van der Waals surface area (Å²) in [6.07, 6.45) is 1.94. The number of thioether (sulfide) groups is 1. The molecule has 0 aliphatic rings. The Balaban J connectivity index is 2.22. The summed E-state index contributed by atoms with van der Waals surface area (Å²) in [5, 5.41) is 0. The third-order valence-electron chi connectivity index (χ3n) is 3.34. The van der Waals surface area contributed by atoms with Gasteiger partial charge in [0.05, 0.1) is 24.7 Å². The number of ether oxygens (including phenoxy) is 2. The first-order valence-electron chi connectivity index (χ1n) is 6.85. The molecule has 0 atom stereocenters. The van der Waals surface area contributed by atoms with Crippen molar-refractivity contribution in [1.29, 1.82) is 0 Å². The van der Waals surface area contributed by atoms with Crippen molar-refractivity contribution < 1.29 is 17.9 Å². The van der Waals surface area contributed by atoms with Gasteiger partial charge in [-0.25, -0.2) is 13.1 Å². The lowest BCUT2D eigenvalue weighted by Gasteiger charge is -2.14. The fraction of sp³-hybridized carbons (Fsp3) is 0.250. The second kappa shape index (κ2) is 7.72. The van der Waals surface area contributed by atoms with Gasteiger partial charge in [-0.2, -0.15) is 0 Å². The van der Waals surface area contributed by atoms with E-state index in [9.17, 15) is 8.42 Å². The molecule has 2 rings (SSSR count). The SMILES string of the molecule is COc1cccc(OC)c1CNS(=O)(=O)c1ccc(SC)cc1. The molecule has 0 saturated carbocycles. The van der Waals surface area contributed by atoms with E-state index in [1.807, 2.05) is 6.26 Å². The van der Waals surface area contributed by atoms with Crippen molar-refractivity contribution >= 4 is 21.8 Å². The summed E-state index contributed by atoms with van der Waals surface area (Å²) < 4.78 is 37.9. The van der Waals surface area contributed by atoms with Crippen LogP contribution in [0.2, 0.25) is 0 Å². The summed E-state index contributed by atoms with van der Waals surface area (Å²) in [6, 6.07) is 12.1. The molecule has 23 heavy (non-hydrogen) atoms. The maximum Gasteiger partial charge on any atom is 0.240 e. The lowest BCUT2D eigenvalue weighted by Crippen LogP contribution is -2.23. The van der Waals surface area contributed by atoms with Crippen molar-refractivity contribution in [3.05, 3.63) is 48.0 Å². The molecule has 0 spiro atoms. The van der Waals surface area contributed by atoms with Crippen LogP contribution < -0.4 is 14.2 Å². The van der Waals surface area contributed by atoms with Crippen LogP contribution in [-0.2, 0) is 16.6 Å². The van der Waals surface area contributed by atoms with E-state index in [-0.39, 0.29) is 11.4 Å². The predicted molar refractivity (Wildman–Crippen MR) is 91.8 cm³/mol. The van der Waals surface area contributed by atoms with Gasteiger partial charge in [0.2, 0.25) is 10.0 Å². The molecule has 1 N–H and O–H groups in total. The summed E-state index contributed by atoms with van der Waals surface area (Å²) in [6.45, 7) is 0.0831. The molecule has 124 valence electrons. The molecule has 0 saturated heterocycles. The molecule has 0 radical (unpaired) electrons. The Labute approximate surface area is 141 Å². The van der Waals surface area contributed by atoms with E-state index in [1.165, 1.54) is 14.2 Å². The van der Waals surface area contributed by atoms with Crippen LogP contribution in [0.25, 0.3) is 0 Å². The highest BCUT2D eigenvalue weighted by atomic mass is 32.2. The lowest BCUT2D eigenvalue weighted by atomic mass is 10.2. The van der Waals surface area contributed by atoms with E-state index in [2.05, 4.69) is 4.72 Å². The number of rotatable bonds is 7. The van der Waals surface area contributed by atoms with Gasteiger partial charge in [-0.3, -0.25) is 0 Å². The molecule has 0 aromatic heterocycles. The molecule has 0 heterocycles. The van der Waals surface area contributed by atoms with Gasteiger partial charge in [0.1, 0.15) is 11.5 Å². The first-order valence-corrected chi connectivity index (χ1v) is 9.56. The highest BCUT2D eigenvalue weighted by molar-refractivity contribution is 7.98. The van der Waals surface area contributed by atoms with Gasteiger partial charge in [0.15, 0.2) is 0 Å². The second-order valence-electron chi connectivity index (χ2n) is 4.64. The summed E-state index contributed by atoms with van der Waals surface area (Å²) >= 11 is 1.56. The number of methoxy groups -OCH3 is 2. The van der Waals surface area contributed by atoms with Crippen molar-refractivity contribution in [3.63, 3.8) is 0 Å². The molecule has 0 unspecified atom stereocenters. The average molecular weight is 353 g/mol. The van der Waals surface area contributed by atoms with Crippen molar-refractivity contribution in [3.8, 4) is 11.5 Å². The van der Waals surface area contributed by atoms with Crippen LogP contribution in [0.1, 0.15) is 5.56 Å². The third kappa shape index (κ3) is 4.19. The van der Waals surface area contributed by atoms with E-state index in [4.69, 9.17) is 9.47 Å². The van der Waals surface area contributed by atoms with Crippen molar-refractivity contribution in [2.45, 2.75) is 16.3 Å². The molecule has 7 heteroatoms. The van der Waals surface area contributed by atoms with Crippen LogP contribution in [-0.4, -0.2) is 28.9 Å². The molecule has 2 aromatic rings. The Hall–Kier alpha value is -1.70. The number of hydrogen-bond donors (Lipinski definition) is 1. The largest absolute Gasteiger partial charge is 0.496 e. The smallest absolute Gasteiger partial charge is 0.240 e. The van der Waals surface area contributed by atoms with E-state index in [0.717, 1.165) is 4.90 Å². The van der Waals surface area contributed by atoms with Crippen LogP contribution in [0.5, 0.6) is 11.5 Å². The Morgan fingerprint density at radius 2 is 1.57 bits per heavy atom. The standard InChI is InChI=1S/C16H19NO4S2/c1-20-15-5-4-6-16(21-2)14(15)11-17-23(18,19)13-9-7-12(22-3)8-10-13/h4-10,17H,11H2,1-3H3. The molecule has 0 amide bonds. The van der Waals surface area contributed by atoms with Gasteiger partial charge in [0, 0.05) is 11.4 Å². The van der Waals surface area contributed by atoms with E-state index < -0.39 is 10.0 Å². The first kappa shape index (κ1) is 17.7. The zero-order valence-electron chi connectivity index (χ0n) is 13.2. The van der Waals surface area contributed by atoms with Gasteiger partial charge in [-0.15, -0.1) is 11.8 Å². The highest BCUT2D eigenvalue weighted by Crippen LogP contribution is 2.28. The summed E-state index contributed by atoms with van der Waals surface area (Å²) in [4.78, 5) is 1.24. The summed E-state index contributed by atoms with van der Waals surface area (Å²) in [7, 11) is -0.533. The second-order valence-corrected chi connectivity index (χ2v) is 7.29. The van der Waals surface area contributed by atoms with Gasteiger partial charge >= 0.3 is 0 Å². The maximum absolute atomic E-state index is 12.4. The molecule has 2 aromatic carbocycles. The zero-order valence-corrected chi connectivity index (χ0v) is 14.8. The van der Waals surface area contributed by atoms with E-state index in [0.29, 0.717) is 17.1 Å². The van der Waals surface area contributed by atoms with Crippen LogP contribution in [0.15, 0.2) is 52.3 Å². The molecule has 0 fully saturated rings. The van der Waals surface area contributed by atoms with E-state index >= 15 is 0 Å². The van der Waals surface area contributed by atoms with Crippen LogP contribution in [0.3, 0.4) is 0 Å². The zero-order chi connectivity index (χ0) is 16.9. The van der Waals surface area contributed by atoms with Gasteiger partial charge in [-0.1, -0.05) is 6.07 Å². The van der Waals surface area contributed by atoms with Crippen LogP contribution in [0, 0.1) is 0 Å². The molecule has 0 bridgehead atoms. The Bertz CT molecular complexity index is 736. The molecular weight excluding hydrogens is 334 g/mol. The van der Waals surface area contributed by atoms with Gasteiger partial charge < -0.3 is 9.47 Å². The number of nitrogens with one attached hydrogen (secondary N) is 1. The Morgan fingerprint density at radius 3 is 2.04 bits per heavy atom. The maximum atomic E-state index is 12.4. The third-order valence-corrected chi connectivity index (χ3v) is 5.50. The van der Waals surface area contributed by atoms with Gasteiger partial charge in [-0.05, 0) is 42.7 Å².